The molecule has 0 unspecified atom stereocenters. The zero-order valence-corrected chi connectivity index (χ0v) is 19.3. The van der Waals surface area contributed by atoms with E-state index in [2.05, 4.69) is 10.2 Å². The molecule has 5 rings (SSSR count). The van der Waals surface area contributed by atoms with E-state index in [1.165, 1.54) is 11.8 Å². The first-order valence-corrected chi connectivity index (χ1v) is 11.7. The SMILES string of the molecule is Cc1ccc(-c2nnc(CSc3nc4ccccc4c(=O)n3Cc3ccccc3Cl)o2)cc1. The normalized spacial score (nSPS) is 11.2. The predicted octanol–water partition coefficient (Wildman–Crippen LogP) is 5.75. The van der Waals surface area contributed by atoms with Gasteiger partial charge in [-0.1, -0.05) is 71.4 Å². The van der Waals surface area contributed by atoms with Gasteiger partial charge in [0.05, 0.1) is 23.2 Å². The standard InChI is InChI=1S/C25H19ClN4O2S/c1-16-10-12-17(13-11-16)23-29-28-22(32-23)15-33-25-27-21-9-5-3-7-19(21)24(31)30(25)14-18-6-2-4-8-20(18)26/h2-13H,14-15H2,1H3. The molecule has 2 aromatic heterocycles. The molecule has 33 heavy (non-hydrogen) atoms. The number of para-hydroxylation sites is 1. The number of fused-ring (bicyclic) bond motifs is 1. The zero-order chi connectivity index (χ0) is 22.8. The number of nitrogens with zero attached hydrogens (tertiary/aromatic N) is 4. The average Bonchev–Trinajstić information content (AvgIpc) is 3.30. The summed E-state index contributed by atoms with van der Waals surface area (Å²) in [5, 5.41) is 10.1. The number of hydrogen-bond acceptors (Lipinski definition) is 6. The number of benzene rings is 3. The molecular weight excluding hydrogens is 456 g/mol. The molecule has 5 aromatic rings. The largest absolute Gasteiger partial charge is 0.420 e. The first kappa shape index (κ1) is 21.4. The molecule has 0 aliphatic carbocycles. The minimum Gasteiger partial charge on any atom is -0.420 e. The fourth-order valence-electron chi connectivity index (χ4n) is 3.45. The number of aromatic nitrogens is 4. The molecule has 0 saturated carbocycles. The van der Waals surface area contributed by atoms with Gasteiger partial charge in [0.2, 0.25) is 11.8 Å². The summed E-state index contributed by atoms with van der Waals surface area (Å²) in [5.41, 5.74) is 3.40. The highest BCUT2D eigenvalue weighted by atomic mass is 35.5. The molecule has 164 valence electrons. The van der Waals surface area contributed by atoms with Crippen molar-refractivity contribution in [1.29, 1.82) is 0 Å². The van der Waals surface area contributed by atoms with Crippen molar-refractivity contribution in [1.82, 2.24) is 19.7 Å². The number of rotatable bonds is 6. The third kappa shape index (κ3) is 4.55. The molecule has 3 aromatic carbocycles. The van der Waals surface area contributed by atoms with Crippen LogP contribution in [0.15, 0.2) is 87.2 Å². The van der Waals surface area contributed by atoms with Crippen LogP contribution < -0.4 is 5.56 Å². The minimum atomic E-state index is -0.117. The fraction of sp³-hybridized carbons (Fsp3) is 0.120. The molecule has 0 aliphatic heterocycles. The van der Waals surface area contributed by atoms with Gasteiger partial charge in [0.15, 0.2) is 5.16 Å². The molecule has 0 N–H and O–H groups in total. The second-order valence-electron chi connectivity index (χ2n) is 7.55. The summed E-state index contributed by atoms with van der Waals surface area (Å²) in [6.45, 7) is 2.34. The lowest BCUT2D eigenvalue weighted by atomic mass is 10.1. The molecule has 0 spiro atoms. The molecule has 0 saturated heterocycles. The van der Waals surface area contributed by atoms with Gasteiger partial charge in [0.1, 0.15) is 0 Å². The van der Waals surface area contributed by atoms with Gasteiger partial charge in [-0.15, -0.1) is 10.2 Å². The van der Waals surface area contributed by atoms with E-state index in [1.807, 2.05) is 73.7 Å². The van der Waals surface area contributed by atoms with Crippen LogP contribution in [-0.2, 0) is 12.3 Å². The van der Waals surface area contributed by atoms with E-state index in [1.54, 1.807) is 10.6 Å². The van der Waals surface area contributed by atoms with Crippen molar-refractivity contribution in [2.75, 3.05) is 0 Å². The Labute approximate surface area is 199 Å². The Balaban J connectivity index is 1.47. The Morgan fingerprint density at radius 2 is 1.73 bits per heavy atom. The summed E-state index contributed by atoms with van der Waals surface area (Å²) in [7, 11) is 0. The van der Waals surface area contributed by atoms with Gasteiger partial charge in [-0.05, 0) is 42.8 Å². The third-order valence-corrected chi connectivity index (χ3v) is 6.53. The lowest BCUT2D eigenvalue weighted by Gasteiger charge is -2.13. The molecular formula is C25H19ClN4O2S. The van der Waals surface area contributed by atoms with Crippen LogP contribution in [0.2, 0.25) is 5.02 Å². The summed E-state index contributed by atoms with van der Waals surface area (Å²) in [5.74, 6) is 1.31. The van der Waals surface area contributed by atoms with Crippen LogP contribution in [0.4, 0.5) is 0 Å². The Hall–Kier alpha value is -3.42. The molecule has 8 heteroatoms. The second-order valence-corrected chi connectivity index (χ2v) is 8.90. The van der Waals surface area contributed by atoms with E-state index >= 15 is 0 Å². The van der Waals surface area contributed by atoms with Crippen LogP contribution in [0, 0.1) is 6.92 Å². The minimum absolute atomic E-state index is 0.117. The van der Waals surface area contributed by atoms with E-state index in [-0.39, 0.29) is 5.56 Å². The van der Waals surface area contributed by atoms with E-state index in [0.29, 0.717) is 45.2 Å². The number of halogens is 1. The molecule has 0 aliphatic rings. The number of aryl methyl sites for hydroxylation is 1. The first-order chi connectivity index (χ1) is 16.1. The van der Waals surface area contributed by atoms with Gasteiger partial charge in [-0.2, -0.15) is 0 Å². The van der Waals surface area contributed by atoms with Crippen molar-refractivity contribution in [3.8, 4) is 11.5 Å². The highest BCUT2D eigenvalue weighted by Crippen LogP contribution is 2.26. The third-order valence-electron chi connectivity index (χ3n) is 5.20. The number of thioether (sulfide) groups is 1. The zero-order valence-electron chi connectivity index (χ0n) is 17.7. The van der Waals surface area contributed by atoms with Crippen LogP contribution in [-0.4, -0.2) is 19.7 Å². The molecule has 0 fully saturated rings. The van der Waals surface area contributed by atoms with Gasteiger partial charge in [0, 0.05) is 10.6 Å². The van der Waals surface area contributed by atoms with Crippen LogP contribution in [0.1, 0.15) is 17.0 Å². The number of hydrogen-bond donors (Lipinski definition) is 0. The maximum atomic E-state index is 13.3. The van der Waals surface area contributed by atoms with Crippen molar-refractivity contribution in [2.45, 2.75) is 24.4 Å². The summed E-state index contributed by atoms with van der Waals surface area (Å²) < 4.78 is 7.49. The van der Waals surface area contributed by atoms with E-state index in [4.69, 9.17) is 21.0 Å². The van der Waals surface area contributed by atoms with Crippen molar-refractivity contribution in [3.63, 3.8) is 0 Å². The van der Waals surface area contributed by atoms with Gasteiger partial charge in [-0.25, -0.2) is 4.98 Å². The highest BCUT2D eigenvalue weighted by Gasteiger charge is 2.15. The van der Waals surface area contributed by atoms with E-state index in [9.17, 15) is 4.79 Å². The highest BCUT2D eigenvalue weighted by molar-refractivity contribution is 7.98. The smallest absolute Gasteiger partial charge is 0.262 e. The maximum absolute atomic E-state index is 13.3. The van der Waals surface area contributed by atoms with Gasteiger partial charge >= 0.3 is 0 Å². The monoisotopic (exact) mass is 474 g/mol. The second kappa shape index (κ2) is 9.21. The van der Waals surface area contributed by atoms with E-state index in [0.717, 1.165) is 16.7 Å². The Kier molecular flexibility index (Phi) is 5.98. The van der Waals surface area contributed by atoms with Crippen LogP contribution in [0.3, 0.4) is 0 Å². The summed E-state index contributed by atoms with van der Waals surface area (Å²) >= 11 is 7.74. The van der Waals surface area contributed by atoms with Gasteiger partial charge in [-0.3, -0.25) is 9.36 Å². The molecule has 0 atom stereocenters. The average molecular weight is 475 g/mol. The fourth-order valence-corrected chi connectivity index (χ4v) is 4.48. The van der Waals surface area contributed by atoms with Crippen LogP contribution in [0.5, 0.6) is 0 Å². The molecule has 0 radical (unpaired) electrons. The summed E-state index contributed by atoms with van der Waals surface area (Å²) in [6.07, 6.45) is 0. The van der Waals surface area contributed by atoms with Crippen molar-refractivity contribution in [2.24, 2.45) is 0 Å². The lowest BCUT2D eigenvalue weighted by molar-refractivity contribution is 0.528. The van der Waals surface area contributed by atoms with Crippen molar-refractivity contribution >= 4 is 34.3 Å². The van der Waals surface area contributed by atoms with Gasteiger partial charge in [0.25, 0.3) is 5.56 Å². The lowest BCUT2D eigenvalue weighted by Crippen LogP contribution is -2.24. The van der Waals surface area contributed by atoms with Crippen LogP contribution in [0.25, 0.3) is 22.4 Å². The summed E-state index contributed by atoms with van der Waals surface area (Å²) in [6, 6.07) is 22.7. The topological polar surface area (TPSA) is 73.8 Å². The van der Waals surface area contributed by atoms with Crippen molar-refractivity contribution < 1.29 is 4.42 Å². The first-order valence-electron chi connectivity index (χ1n) is 10.3. The Morgan fingerprint density at radius 1 is 0.970 bits per heavy atom. The van der Waals surface area contributed by atoms with Crippen molar-refractivity contribution in [3.05, 3.63) is 105 Å². The van der Waals surface area contributed by atoms with Crippen LogP contribution >= 0.6 is 23.4 Å². The molecule has 6 nitrogen and oxygen atoms in total. The maximum Gasteiger partial charge on any atom is 0.262 e. The molecule has 0 amide bonds. The molecule has 2 heterocycles. The van der Waals surface area contributed by atoms with E-state index < -0.39 is 0 Å². The van der Waals surface area contributed by atoms with Gasteiger partial charge < -0.3 is 4.42 Å². The Bertz CT molecular complexity index is 1490. The summed E-state index contributed by atoms with van der Waals surface area (Å²) in [4.78, 5) is 18.1. The quantitative estimate of drug-likeness (QED) is 0.230. The predicted molar refractivity (Wildman–Crippen MR) is 131 cm³/mol. The Morgan fingerprint density at radius 3 is 2.55 bits per heavy atom. The molecule has 0 bridgehead atoms.